The van der Waals surface area contributed by atoms with E-state index in [1.807, 2.05) is 67.6 Å². The summed E-state index contributed by atoms with van der Waals surface area (Å²) >= 11 is 0. The number of hydrogen-bond donors (Lipinski definition) is 3. The smallest absolute Gasteiger partial charge is 0.251 e. The highest BCUT2D eigenvalue weighted by Gasteiger charge is 2.21. The van der Waals surface area contributed by atoms with Crippen molar-refractivity contribution in [2.45, 2.75) is 57.9 Å². The van der Waals surface area contributed by atoms with E-state index in [-0.39, 0.29) is 24.1 Å². The first-order valence-electron chi connectivity index (χ1n) is 11.5. The second-order valence-electron chi connectivity index (χ2n) is 8.32. The summed E-state index contributed by atoms with van der Waals surface area (Å²) in [6.07, 6.45) is 6.41. The van der Waals surface area contributed by atoms with E-state index in [4.69, 9.17) is 16.2 Å². The summed E-state index contributed by atoms with van der Waals surface area (Å²) in [7, 11) is 0. The summed E-state index contributed by atoms with van der Waals surface area (Å²) < 4.78 is 6.18. The lowest BCUT2D eigenvalue weighted by molar-refractivity contribution is 0.0160. The molecule has 3 atom stereocenters. The Morgan fingerprint density at radius 2 is 1.85 bits per heavy atom. The monoisotopic (exact) mass is 446 g/mol. The van der Waals surface area contributed by atoms with Crippen molar-refractivity contribution in [2.75, 3.05) is 5.73 Å². The average Bonchev–Trinajstić information content (AvgIpc) is 2.84. The number of aromatic nitrogens is 1. The second kappa shape index (κ2) is 12.1. The van der Waals surface area contributed by atoms with Gasteiger partial charge in [0.2, 0.25) is 0 Å². The lowest BCUT2D eigenvalue weighted by atomic mass is 9.97. The Kier molecular flexibility index (Phi) is 8.98. The zero-order chi connectivity index (χ0) is 23.6. The van der Waals surface area contributed by atoms with E-state index in [2.05, 4.69) is 17.2 Å². The molecule has 2 aromatic carbocycles. The van der Waals surface area contributed by atoms with Crippen molar-refractivity contribution in [3.8, 4) is 0 Å². The van der Waals surface area contributed by atoms with E-state index in [1.54, 1.807) is 12.4 Å². The van der Waals surface area contributed by atoms with E-state index in [0.717, 1.165) is 36.0 Å². The van der Waals surface area contributed by atoms with E-state index < -0.39 is 0 Å². The molecule has 0 aliphatic heterocycles. The largest absolute Gasteiger partial charge is 0.398 e. The van der Waals surface area contributed by atoms with Gasteiger partial charge in [0.05, 0.1) is 24.8 Å². The van der Waals surface area contributed by atoms with E-state index in [0.29, 0.717) is 17.9 Å². The molecule has 3 rings (SSSR count). The summed E-state index contributed by atoms with van der Waals surface area (Å²) in [6, 6.07) is 18.4. The Labute approximate surface area is 196 Å². The predicted octanol–water partition coefficient (Wildman–Crippen LogP) is 4.93. The molecular formula is C27H34N4O2. The molecule has 0 spiro atoms. The van der Waals surface area contributed by atoms with Gasteiger partial charge in [-0.1, -0.05) is 56.2 Å². The number of unbranched alkanes of at least 4 members (excludes halogenated alkanes) is 1. The van der Waals surface area contributed by atoms with Gasteiger partial charge in [0.25, 0.3) is 5.91 Å². The number of amides is 1. The van der Waals surface area contributed by atoms with Gasteiger partial charge in [0.1, 0.15) is 0 Å². The zero-order valence-corrected chi connectivity index (χ0v) is 19.4. The van der Waals surface area contributed by atoms with Crippen molar-refractivity contribution in [1.29, 1.82) is 0 Å². The van der Waals surface area contributed by atoms with Crippen molar-refractivity contribution >= 4 is 11.6 Å². The fourth-order valence-electron chi connectivity index (χ4n) is 3.79. The summed E-state index contributed by atoms with van der Waals surface area (Å²) in [5.74, 6) is -0.152. The molecule has 3 aromatic rings. The molecule has 1 aromatic heterocycles. The number of ether oxygens (including phenoxy) is 1. The van der Waals surface area contributed by atoms with Gasteiger partial charge in [-0.25, -0.2) is 0 Å². The van der Waals surface area contributed by atoms with Gasteiger partial charge in [-0.2, -0.15) is 0 Å². The highest BCUT2D eigenvalue weighted by molar-refractivity contribution is 5.94. The zero-order valence-electron chi connectivity index (χ0n) is 19.4. The molecule has 5 N–H and O–H groups in total. The van der Waals surface area contributed by atoms with Gasteiger partial charge < -0.3 is 21.5 Å². The summed E-state index contributed by atoms with van der Waals surface area (Å²) in [6.45, 7) is 4.55. The Balaban J connectivity index is 1.64. The number of rotatable bonds is 11. The third kappa shape index (κ3) is 6.88. The fourth-order valence-corrected chi connectivity index (χ4v) is 3.79. The Morgan fingerprint density at radius 3 is 2.52 bits per heavy atom. The van der Waals surface area contributed by atoms with Crippen LogP contribution in [-0.4, -0.2) is 17.0 Å². The predicted molar refractivity (Wildman–Crippen MR) is 132 cm³/mol. The molecule has 0 saturated carbocycles. The molecule has 33 heavy (non-hydrogen) atoms. The first-order chi connectivity index (χ1) is 16.0. The van der Waals surface area contributed by atoms with Crippen molar-refractivity contribution in [2.24, 2.45) is 5.73 Å². The maximum Gasteiger partial charge on any atom is 0.251 e. The Morgan fingerprint density at radius 1 is 1.09 bits per heavy atom. The number of carbonyl (C=O) groups is 1. The van der Waals surface area contributed by atoms with Crippen LogP contribution in [-0.2, 0) is 11.3 Å². The van der Waals surface area contributed by atoms with E-state index in [1.165, 1.54) is 0 Å². The van der Waals surface area contributed by atoms with Crippen molar-refractivity contribution in [1.82, 2.24) is 10.3 Å². The molecule has 6 heteroatoms. The molecule has 3 unspecified atom stereocenters. The number of nitrogen functional groups attached to an aromatic ring is 1. The number of benzene rings is 2. The van der Waals surface area contributed by atoms with Crippen LogP contribution in [0.1, 0.15) is 72.2 Å². The normalized spacial score (nSPS) is 13.8. The van der Waals surface area contributed by atoms with Crippen molar-refractivity contribution in [3.05, 3.63) is 95.3 Å². The molecule has 6 nitrogen and oxygen atoms in total. The van der Waals surface area contributed by atoms with Crippen LogP contribution < -0.4 is 16.8 Å². The second-order valence-corrected chi connectivity index (χ2v) is 8.32. The minimum absolute atomic E-state index is 0.120. The van der Waals surface area contributed by atoms with Gasteiger partial charge in [-0.3, -0.25) is 9.78 Å². The molecule has 1 amide bonds. The molecule has 0 fully saturated rings. The lowest BCUT2D eigenvalue weighted by Crippen LogP contribution is -2.29. The van der Waals surface area contributed by atoms with Crippen LogP contribution in [0.3, 0.4) is 0 Å². The van der Waals surface area contributed by atoms with Crippen LogP contribution >= 0.6 is 0 Å². The minimum Gasteiger partial charge on any atom is -0.398 e. The first kappa shape index (κ1) is 24.4. The summed E-state index contributed by atoms with van der Waals surface area (Å²) in [4.78, 5) is 16.9. The molecule has 1 heterocycles. The van der Waals surface area contributed by atoms with Crippen LogP contribution in [0.25, 0.3) is 0 Å². The highest BCUT2D eigenvalue weighted by Crippen LogP contribution is 2.24. The van der Waals surface area contributed by atoms with Crippen molar-refractivity contribution in [3.63, 3.8) is 0 Å². The third-order valence-corrected chi connectivity index (χ3v) is 5.80. The van der Waals surface area contributed by atoms with Crippen LogP contribution in [0.15, 0.2) is 73.1 Å². The SMILES string of the molecule is CCCCC(OCc1cccnc1)C(N)c1ccc(C(=O)NC(C)c2ccccc2N)cc1. The fraction of sp³-hybridized carbons (Fsp3) is 0.333. The Bertz CT molecular complexity index is 1010. The summed E-state index contributed by atoms with van der Waals surface area (Å²) in [5.41, 5.74) is 16.7. The molecule has 0 aliphatic carbocycles. The molecule has 174 valence electrons. The molecule has 0 aliphatic rings. The number of hydrogen-bond acceptors (Lipinski definition) is 5. The van der Waals surface area contributed by atoms with Gasteiger partial charge in [-0.15, -0.1) is 0 Å². The summed E-state index contributed by atoms with van der Waals surface area (Å²) in [5, 5.41) is 3.01. The quantitative estimate of drug-likeness (QED) is 0.362. The van der Waals surface area contributed by atoms with Crippen molar-refractivity contribution < 1.29 is 9.53 Å². The van der Waals surface area contributed by atoms with Crippen LogP contribution in [0.4, 0.5) is 5.69 Å². The topological polar surface area (TPSA) is 103 Å². The van der Waals surface area contributed by atoms with E-state index in [9.17, 15) is 4.79 Å². The third-order valence-electron chi connectivity index (χ3n) is 5.80. The van der Waals surface area contributed by atoms with Crippen LogP contribution in [0.2, 0.25) is 0 Å². The number of anilines is 1. The lowest BCUT2D eigenvalue weighted by Gasteiger charge is -2.25. The molecule has 0 radical (unpaired) electrons. The number of nitrogens with one attached hydrogen (secondary N) is 1. The maximum absolute atomic E-state index is 12.7. The molecule has 0 bridgehead atoms. The maximum atomic E-state index is 12.7. The number of carbonyl (C=O) groups excluding carboxylic acids is 1. The average molecular weight is 447 g/mol. The van der Waals surface area contributed by atoms with Crippen LogP contribution in [0.5, 0.6) is 0 Å². The Hall–Kier alpha value is -3.22. The standard InChI is InChI=1S/C27H34N4O2/c1-3-4-11-25(33-18-20-8-7-16-30-17-20)26(29)21-12-14-22(15-13-21)27(32)31-19(2)23-9-5-6-10-24(23)28/h5-10,12-17,19,25-26H,3-4,11,18,28-29H2,1-2H3,(H,31,32). The molecular weight excluding hydrogens is 412 g/mol. The highest BCUT2D eigenvalue weighted by atomic mass is 16.5. The van der Waals surface area contributed by atoms with Gasteiger partial charge >= 0.3 is 0 Å². The van der Waals surface area contributed by atoms with Gasteiger partial charge in [0.15, 0.2) is 0 Å². The van der Waals surface area contributed by atoms with Crippen LogP contribution in [0, 0.1) is 0 Å². The number of nitrogens with zero attached hydrogens (tertiary/aromatic N) is 1. The first-order valence-corrected chi connectivity index (χ1v) is 11.5. The number of nitrogens with two attached hydrogens (primary N) is 2. The minimum atomic E-state index is -0.284. The molecule has 0 saturated heterocycles. The van der Waals surface area contributed by atoms with Gasteiger partial charge in [-0.05, 0) is 54.3 Å². The van der Waals surface area contributed by atoms with E-state index >= 15 is 0 Å². The number of para-hydroxylation sites is 1. The van der Waals surface area contributed by atoms with Gasteiger partial charge in [0, 0.05) is 23.6 Å². The number of pyridine rings is 1.